The van der Waals surface area contributed by atoms with Gasteiger partial charge in [-0.1, -0.05) is 6.07 Å². The molecule has 0 spiro atoms. The SMILES string of the molecule is [C-]#[N+]c1c(N)sc2c(F)ccc(-c3ncc4c(N5CCC[C@@](C)(O)C5)nc(OC[C@@]56CCCN5C[C@H](F)C6)nc4c3F)c12. The topological polar surface area (TPSA) is 105 Å². The van der Waals surface area contributed by atoms with Crippen LogP contribution in [0.4, 0.5) is 29.7 Å². The molecule has 7 rings (SSSR count). The summed E-state index contributed by atoms with van der Waals surface area (Å²) >= 11 is 0.930. The summed E-state index contributed by atoms with van der Waals surface area (Å²) in [5.74, 6) is -0.972. The van der Waals surface area contributed by atoms with Crippen molar-refractivity contribution in [1.82, 2.24) is 19.9 Å². The lowest BCUT2D eigenvalue weighted by atomic mass is 9.95. The number of fused-ring (bicyclic) bond motifs is 3. The molecule has 3 fully saturated rings. The number of nitrogens with zero attached hydrogens (tertiary/aromatic N) is 6. The molecule has 9 nitrogen and oxygen atoms in total. The zero-order valence-electron chi connectivity index (χ0n) is 23.5. The fourth-order valence-corrected chi connectivity index (χ4v) is 7.98. The first kappa shape index (κ1) is 28.1. The molecule has 1 aromatic carbocycles. The van der Waals surface area contributed by atoms with Gasteiger partial charge < -0.3 is 20.5 Å². The van der Waals surface area contributed by atoms with Crippen LogP contribution >= 0.6 is 11.3 Å². The van der Waals surface area contributed by atoms with E-state index in [-0.39, 0.29) is 56.7 Å². The molecular weight excluding hydrogens is 579 g/mol. The third-order valence-electron chi connectivity index (χ3n) is 9.01. The Kier molecular flexibility index (Phi) is 6.64. The van der Waals surface area contributed by atoms with Gasteiger partial charge in [0, 0.05) is 43.2 Å². The van der Waals surface area contributed by atoms with Gasteiger partial charge in [-0.2, -0.15) is 9.97 Å². The first-order valence-electron chi connectivity index (χ1n) is 14.3. The summed E-state index contributed by atoms with van der Waals surface area (Å²) in [4.78, 5) is 21.1. The van der Waals surface area contributed by atoms with Crippen LogP contribution in [0, 0.1) is 18.2 Å². The van der Waals surface area contributed by atoms with E-state index in [1.807, 2.05) is 4.90 Å². The highest BCUT2D eigenvalue weighted by Crippen LogP contribution is 2.47. The quantitative estimate of drug-likeness (QED) is 0.281. The van der Waals surface area contributed by atoms with Crippen LogP contribution in [0.3, 0.4) is 0 Å². The number of β-amino-alcohol motifs (C(OH)–C–C–N with tert-alkyl or cyclic N) is 1. The largest absolute Gasteiger partial charge is 0.461 e. The van der Waals surface area contributed by atoms with E-state index in [1.165, 1.54) is 18.3 Å². The highest BCUT2D eigenvalue weighted by atomic mass is 32.1. The zero-order chi connectivity index (χ0) is 30.1. The van der Waals surface area contributed by atoms with Crippen LogP contribution in [-0.2, 0) is 0 Å². The number of rotatable bonds is 5. The molecule has 3 saturated heterocycles. The van der Waals surface area contributed by atoms with Gasteiger partial charge >= 0.3 is 6.01 Å². The lowest BCUT2D eigenvalue weighted by Crippen LogP contribution is -2.46. The van der Waals surface area contributed by atoms with E-state index in [0.29, 0.717) is 43.6 Å². The Morgan fingerprint density at radius 1 is 1.23 bits per heavy atom. The highest BCUT2D eigenvalue weighted by molar-refractivity contribution is 7.23. The van der Waals surface area contributed by atoms with Gasteiger partial charge in [0.2, 0.25) is 5.69 Å². The van der Waals surface area contributed by atoms with Gasteiger partial charge in [0.1, 0.15) is 35.6 Å². The first-order valence-corrected chi connectivity index (χ1v) is 15.1. The van der Waals surface area contributed by atoms with Gasteiger partial charge in [-0.15, -0.1) is 11.3 Å². The van der Waals surface area contributed by atoms with Crippen molar-refractivity contribution >= 4 is 48.8 Å². The zero-order valence-corrected chi connectivity index (χ0v) is 24.4. The summed E-state index contributed by atoms with van der Waals surface area (Å²) < 4.78 is 52.0. The highest BCUT2D eigenvalue weighted by Gasteiger charge is 2.49. The minimum atomic E-state index is -0.972. The molecule has 224 valence electrons. The van der Waals surface area contributed by atoms with Crippen molar-refractivity contribution in [2.45, 2.75) is 56.3 Å². The van der Waals surface area contributed by atoms with Crippen molar-refractivity contribution in [3.8, 4) is 17.3 Å². The second kappa shape index (κ2) is 10.2. The van der Waals surface area contributed by atoms with Crippen LogP contribution in [0.2, 0.25) is 0 Å². The van der Waals surface area contributed by atoms with E-state index in [1.54, 1.807) is 6.92 Å². The van der Waals surface area contributed by atoms with Crippen molar-refractivity contribution in [3.05, 3.63) is 41.4 Å². The van der Waals surface area contributed by atoms with Gasteiger partial charge in [-0.3, -0.25) is 9.88 Å². The number of piperidine rings is 1. The van der Waals surface area contributed by atoms with Crippen LogP contribution in [0.25, 0.3) is 37.1 Å². The normalized spacial score (nSPS) is 25.9. The van der Waals surface area contributed by atoms with E-state index in [0.717, 1.165) is 30.7 Å². The van der Waals surface area contributed by atoms with Crippen LogP contribution in [-0.4, -0.2) is 75.1 Å². The molecule has 0 aliphatic carbocycles. The fraction of sp³-hybridized carbons (Fsp3) is 0.467. The number of thiophene rings is 1. The van der Waals surface area contributed by atoms with Crippen LogP contribution in [0.1, 0.15) is 39.0 Å². The third kappa shape index (κ3) is 4.63. The third-order valence-corrected chi connectivity index (χ3v) is 10.0. The molecule has 3 aliphatic rings. The summed E-state index contributed by atoms with van der Waals surface area (Å²) in [5.41, 5.74) is 4.68. The lowest BCUT2D eigenvalue weighted by molar-refractivity contribution is 0.0447. The van der Waals surface area contributed by atoms with E-state index < -0.39 is 28.9 Å². The van der Waals surface area contributed by atoms with Crippen molar-refractivity contribution in [2.75, 3.05) is 43.4 Å². The molecule has 0 amide bonds. The number of hydrogen-bond acceptors (Lipinski definition) is 9. The van der Waals surface area contributed by atoms with Crippen molar-refractivity contribution < 1.29 is 23.0 Å². The van der Waals surface area contributed by atoms with Gasteiger partial charge in [0.05, 0.1) is 32.8 Å². The number of alkyl halides is 1. The molecule has 4 aromatic rings. The molecular formula is C30H30F3N7O2S. The number of hydrogen-bond donors (Lipinski definition) is 2. The van der Waals surface area contributed by atoms with Crippen LogP contribution in [0.5, 0.6) is 6.01 Å². The second-order valence-electron chi connectivity index (χ2n) is 12.1. The minimum absolute atomic E-state index is 0.0434. The minimum Gasteiger partial charge on any atom is -0.461 e. The van der Waals surface area contributed by atoms with Gasteiger partial charge in [0.25, 0.3) is 0 Å². The van der Waals surface area contributed by atoms with Gasteiger partial charge in [0.15, 0.2) is 5.82 Å². The van der Waals surface area contributed by atoms with Crippen LogP contribution < -0.4 is 15.4 Å². The van der Waals surface area contributed by atoms with Gasteiger partial charge in [-0.25, -0.2) is 18.0 Å². The number of aromatic nitrogens is 3. The van der Waals surface area contributed by atoms with E-state index in [4.69, 9.17) is 17.0 Å². The monoisotopic (exact) mass is 609 g/mol. The molecule has 6 heterocycles. The second-order valence-corrected chi connectivity index (χ2v) is 13.2. The Hall–Kier alpha value is -3.73. The number of nitrogens with two attached hydrogens (primary N) is 1. The van der Waals surface area contributed by atoms with Crippen molar-refractivity contribution in [3.63, 3.8) is 0 Å². The number of halogens is 3. The molecule has 3 N–H and O–H groups in total. The smallest absolute Gasteiger partial charge is 0.319 e. The first-order chi connectivity index (χ1) is 20.6. The van der Waals surface area contributed by atoms with Crippen LogP contribution in [0.15, 0.2) is 18.3 Å². The van der Waals surface area contributed by atoms with Crippen molar-refractivity contribution in [1.29, 1.82) is 0 Å². The molecule has 43 heavy (non-hydrogen) atoms. The molecule has 0 unspecified atom stereocenters. The number of anilines is 2. The standard InChI is InChI=1S/C30H30F3N7O2S/c1-29(41)7-3-9-39(14-29)27-18-12-36-22(17-5-6-19(32)25-20(17)24(35-2)26(34)43-25)21(33)23(18)37-28(38-27)42-15-30-8-4-10-40(30)13-16(31)11-30/h5-6,12,16,41H,3-4,7-11,13-15,34H2,1H3/t16-,29-,30+/m1/s1. The average molecular weight is 610 g/mol. The summed E-state index contributed by atoms with van der Waals surface area (Å²) in [6.07, 6.45) is 3.93. The summed E-state index contributed by atoms with van der Waals surface area (Å²) in [7, 11) is 0. The van der Waals surface area contributed by atoms with E-state index >= 15 is 4.39 Å². The predicted octanol–water partition coefficient (Wildman–Crippen LogP) is 5.62. The Balaban J connectivity index is 1.37. The maximum atomic E-state index is 16.6. The molecule has 13 heteroatoms. The number of ether oxygens (including phenoxy) is 1. The summed E-state index contributed by atoms with van der Waals surface area (Å²) in [6, 6.07) is 2.53. The lowest BCUT2D eigenvalue weighted by Gasteiger charge is -2.38. The van der Waals surface area contributed by atoms with E-state index in [2.05, 4.69) is 24.7 Å². The maximum Gasteiger partial charge on any atom is 0.319 e. The Morgan fingerprint density at radius 3 is 2.84 bits per heavy atom. The molecule has 3 aliphatic heterocycles. The van der Waals surface area contributed by atoms with Gasteiger partial charge in [-0.05, 0) is 45.2 Å². The number of pyridine rings is 1. The van der Waals surface area contributed by atoms with Crippen molar-refractivity contribution in [2.24, 2.45) is 0 Å². The molecule has 0 saturated carbocycles. The Morgan fingerprint density at radius 2 is 2.05 bits per heavy atom. The average Bonchev–Trinajstić information content (AvgIpc) is 3.61. The Bertz CT molecular complexity index is 1810. The molecule has 3 atom stereocenters. The summed E-state index contributed by atoms with van der Waals surface area (Å²) in [5, 5.41) is 11.5. The maximum absolute atomic E-state index is 16.6. The molecule has 3 aromatic heterocycles. The molecule has 0 bridgehead atoms. The number of benzene rings is 1. The predicted molar refractivity (Wildman–Crippen MR) is 159 cm³/mol. The van der Waals surface area contributed by atoms with E-state index in [9.17, 15) is 13.9 Å². The summed E-state index contributed by atoms with van der Waals surface area (Å²) in [6.45, 7) is 11.5. The number of nitrogen functional groups attached to an aromatic ring is 1. The molecule has 0 radical (unpaired) electrons. The fourth-order valence-electron chi connectivity index (χ4n) is 7.05. The number of aliphatic hydroxyl groups is 1. The Labute approximate surface area is 249 Å².